The van der Waals surface area contributed by atoms with Crippen molar-refractivity contribution in [3.05, 3.63) is 53.5 Å². The van der Waals surface area contributed by atoms with Gasteiger partial charge in [0.2, 0.25) is 0 Å². The van der Waals surface area contributed by atoms with Crippen LogP contribution in [0.3, 0.4) is 0 Å². The molecule has 2 aromatic heterocycles. The molecule has 10 nitrogen and oxygen atoms in total. The molecule has 1 aromatic carbocycles. The number of carboxylic acids is 2. The maximum atomic E-state index is 13.0. The second-order valence-electron chi connectivity index (χ2n) is 8.49. The number of carboxylic acid groups (broad SMARTS) is 2. The zero-order chi connectivity index (χ0) is 24.2. The number of rotatable bonds is 8. The van der Waals surface area contributed by atoms with Gasteiger partial charge in [0.1, 0.15) is 11.1 Å². The highest BCUT2D eigenvalue weighted by molar-refractivity contribution is 5.98. The monoisotopic (exact) mass is 444 g/mol. The fourth-order valence-electron chi connectivity index (χ4n) is 4.47. The summed E-state index contributed by atoms with van der Waals surface area (Å²) in [7, 11) is 0. The Morgan fingerprint density at radius 2 is 0.938 bits per heavy atom. The second kappa shape index (κ2) is 7.54. The van der Waals surface area contributed by atoms with Crippen LogP contribution in [0.25, 0.3) is 21.5 Å². The zero-order valence-corrected chi connectivity index (χ0v) is 18.2. The summed E-state index contributed by atoms with van der Waals surface area (Å²) in [5.41, 5.74) is -7.09. The van der Waals surface area contributed by atoms with E-state index in [1.807, 2.05) is 0 Å². The lowest BCUT2D eigenvalue weighted by Crippen LogP contribution is -2.49. The first-order valence-electron chi connectivity index (χ1n) is 10.3. The number of hydrogen-bond acceptors (Lipinski definition) is 6. The van der Waals surface area contributed by atoms with Crippen LogP contribution < -0.4 is 22.2 Å². The van der Waals surface area contributed by atoms with E-state index in [-0.39, 0.29) is 34.4 Å². The van der Waals surface area contributed by atoms with Crippen molar-refractivity contribution in [1.29, 1.82) is 0 Å². The summed E-state index contributed by atoms with van der Waals surface area (Å²) in [6, 6.07) is 2.18. The molecule has 0 unspecified atom stereocenters. The number of benzene rings is 1. The molecule has 0 bridgehead atoms. The standard InChI is InChI=1S/C22H24N2O8/c1-5-7-21(3,19(29)30)23-15(25)11-9-13-14(10-12(11)16(23)26)18(28)24(17(13)27)22(4,8-6-2)20(31)32/h9-10H,5-8H2,1-4H3,(H,29,30)(H,31,32)/t21-,22-/m0/s1. The second-order valence-corrected chi connectivity index (χ2v) is 8.49. The molecule has 3 aromatic rings. The first-order chi connectivity index (χ1) is 14.9. The van der Waals surface area contributed by atoms with Crippen molar-refractivity contribution in [2.45, 2.75) is 64.5 Å². The first-order valence-corrected chi connectivity index (χ1v) is 10.3. The normalized spacial score (nSPS) is 15.6. The molecule has 0 radical (unpaired) electrons. The Morgan fingerprint density at radius 1 is 0.688 bits per heavy atom. The Labute approximate surface area is 181 Å². The number of carbonyl (C=O) groups is 2. The summed E-state index contributed by atoms with van der Waals surface area (Å²) < 4.78 is 1.31. The fourth-order valence-corrected chi connectivity index (χ4v) is 4.47. The average molecular weight is 444 g/mol. The first kappa shape index (κ1) is 23.1. The molecule has 32 heavy (non-hydrogen) atoms. The molecule has 2 N–H and O–H groups in total. The van der Waals surface area contributed by atoms with Crippen molar-refractivity contribution in [3.8, 4) is 0 Å². The molecule has 170 valence electrons. The molecule has 2 atom stereocenters. The van der Waals surface area contributed by atoms with E-state index in [9.17, 15) is 39.0 Å². The number of aliphatic carboxylic acids is 2. The van der Waals surface area contributed by atoms with Gasteiger partial charge >= 0.3 is 11.9 Å². The quantitative estimate of drug-likeness (QED) is 0.524. The van der Waals surface area contributed by atoms with Gasteiger partial charge in [-0.15, -0.1) is 0 Å². The van der Waals surface area contributed by atoms with Gasteiger partial charge in [0.05, 0.1) is 21.5 Å². The van der Waals surface area contributed by atoms with Crippen molar-refractivity contribution in [3.63, 3.8) is 0 Å². The van der Waals surface area contributed by atoms with Crippen LogP contribution in [0, 0.1) is 0 Å². The van der Waals surface area contributed by atoms with E-state index in [1.54, 1.807) is 13.8 Å². The molecule has 2 heterocycles. The predicted octanol–water partition coefficient (Wildman–Crippen LogP) is 1.11. The molecule has 0 amide bonds. The van der Waals surface area contributed by atoms with E-state index in [0.29, 0.717) is 22.0 Å². The third-order valence-electron chi connectivity index (χ3n) is 6.27. The Balaban J connectivity index is 2.46. The lowest BCUT2D eigenvalue weighted by Gasteiger charge is -2.24. The smallest absolute Gasteiger partial charge is 0.329 e. The lowest BCUT2D eigenvalue weighted by atomic mass is 9.96. The number of fused-ring (bicyclic) bond motifs is 2. The zero-order valence-electron chi connectivity index (χ0n) is 18.2. The van der Waals surface area contributed by atoms with Crippen LogP contribution in [-0.4, -0.2) is 31.3 Å². The van der Waals surface area contributed by atoms with E-state index < -0.39 is 45.3 Å². The van der Waals surface area contributed by atoms with Gasteiger partial charge in [-0.3, -0.25) is 28.3 Å². The molecule has 0 fully saturated rings. The third-order valence-corrected chi connectivity index (χ3v) is 6.27. The fraction of sp³-hybridized carbons (Fsp3) is 0.455. The van der Waals surface area contributed by atoms with Crippen LogP contribution in [0.1, 0.15) is 53.4 Å². The van der Waals surface area contributed by atoms with Crippen molar-refractivity contribution < 1.29 is 19.8 Å². The van der Waals surface area contributed by atoms with Gasteiger partial charge in [0.25, 0.3) is 22.2 Å². The van der Waals surface area contributed by atoms with E-state index in [2.05, 4.69) is 0 Å². The van der Waals surface area contributed by atoms with Crippen molar-refractivity contribution in [2.24, 2.45) is 0 Å². The molecule has 0 spiro atoms. The SMILES string of the molecule is CCC[C@@](C)(C(=O)O)n1c(=O)c2cc3c(=O)n([C@@](C)(CCC)C(=O)O)c(=O)c3cc2c1=O. The summed E-state index contributed by atoms with van der Waals surface area (Å²) in [5, 5.41) is 18.7. The van der Waals surface area contributed by atoms with Gasteiger partial charge in [-0.05, 0) is 38.8 Å². The van der Waals surface area contributed by atoms with Crippen LogP contribution in [0.4, 0.5) is 0 Å². The average Bonchev–Trinajstić information content (AvgIpc) is 3.11. The number of hydrogen-bond donors (Lipinski definition) is 2. The summed E-state index contributed by atoms with van der Waals surface area (Å²) in [6.07, 6.45) is 0.827. The Kier molecular flexibility index (Phi) is 5.45. The molecular formula is C22H24N2O8. The minimum Gasteiger partial charge on any atom is -0.479 e. The molecule has 0 aliphatic heterocycles. The van der Waals surface area contributed by atoms with E-state index in [4.69, 9.17) is 0 Å². The Morgan fingerprint density at radius 3 is 1.12 bits per heavy atom. The van der Waals surface area contributed by atoms with E-state index in [1.165, 1.54) is 13.8 Å². The van der Waals surface area contributed by atoms with Gasteiger partial charge < -0.3 is 10.2 Å². The highest BCUT2D eigenvalue weighted by Crippen LogP contribution is 2.25. The highest BCUT2D eigenvalue weighted by Gasteiger charge is 2.40. The van der Waals surface area contributed by atoms with Crippen LogP contribution in [0.2, 0.25) is 0 Å². The van der Waals surface area contributed by atoms with Gasteiger partial charge in [0.15, 0.2) is 0 Å². The van der Waals surface area contributed by atoms with E-state index >= 15 is 0 Å². The topological polar surface area (TPSA) is 153 Å². The van der Waals surface area contributed by atoms with Gasteiger partial charge in [-0.2, -0.15) is 0 Å². The predicted molar refractivity (Wildman–Crippen MR) is 117 cm³/mol. The summed E-state index contributed by atoms with van der Waals surface area (Å²) in [5.74, 6) is -2.70. The van der Waals surface area contributed by atoms with Crippen LogP contribution in [0.15, 0.2) is 31.3 Å². The molecule has 0 aliphatic rings. The van der Waals surface area contributed by atoms with Gasteiger partial charge in [0, 0.05) is 0 Å². The third kappa shape index (κ3) is 2.93. The van der Waals surface area contributed by atoms with E-state index in [0.717, 1.165) is 12.1 Å². The summed E-state index contributed by atoms with van der Waals surface area (Å²) in [6.45, 7) is 5.98. The lowest BCUT2D eigenvalue weighted by molar-refractivity contribution is -0.148. The highest BCUT2D eigenvalue weighted by atomic mass is 16.4. The molecule has 0 saturated carbocycles. The Bertz CT molecular complexity index is 1280. The minimum atomic E-state index is -1.80. The van der Waals surface area contributed by atoms with Crippen LogP contribution in [0.5, 0.6) is 0 Å². The number of aromatic nitrogens is 2. The number of nitrogens with zero attached hydrogens (tertiary/aromatic N) is 2. The molecule has 3 rings (SSSR count). The van der Waals surface area contributed by atoms with Gasteiger partial charge in [-0.25, -0.2) is 9.59 Å². The molecular weight excluding hydrogens is 420 g/mol. The van der Waals surface area contributed by atoms with Crippen LogP contribution >= 0.6 is 0 Å². The summed E-state index contributed by atoms with van der Waals surface area (Å²) >= 11 is 0. The summed E-state index contributed by atoms with van der Waals surface area (Å²) in [4.78, 5) is 76.0. The molecule has 0 aliphatic carbocycles. The largest absolute Gasteiger partial charge is 0.479 e. The van der Waals surface area contributed by atoms with Crippen molar-refractivity contribution in [2.75, 3.05) is 0 Å². The maximum absolute atomic E-state index is 13.0. The molecule has 0 saturated heterocycles. The Hall–Kier alpha value is -3.56. The van der Waals surface area contributed by atoms with Gasteiger partial charge in [-0.1, -0.05) is 26.7 Å². The van der Waals surface area contributed by atoms with Crippen LogP contribution in [-0.2, 0) is 20.7 Å². The van der Waals surface area contributed by atoms with Crippen molar-refractivity contribution in [1.82, 2.24) is 9.13 Å². The minimum absolute atomic E-state index is 0.0210. The molecule has 10 heteroatoms. The van der Waals surface area contributed by atoms with Crippen molar-refractivity contribution >= 4 is 33.5 Å². The maximum Gasteiger partial charge on any atom is 0.329 e.